The Morgan fingerprint density at radius 2 is 2.13 bits per heavy atom. The van der Waals surface area contributed by atoms with E-state index in [1.807, 2.05) is 0 Å². The number of hydrazone groups is 1. The topological polar surface area (TPSA) is 50.7 Å². The maximum absolute atomic E-state index is 13.4. The highest BCUT2D eigenvalue weighted by Crippen LogP contribution is 2.63. The van der Waals surface area contributed by atoms with Crippen LogP contribution in [0.5, 0.6) is 5.75 Å². The molecule has 0 heterocycles. The van der Waals surface area contributed by atoms with E-state index in [1.54, 1.807) is 12.1 Å². The lowest BCUT2D eigenvalue weighted by molar-refractivity contribution is -0.123. The van der Waals surface area contributed by atoms with Gasteiger partial charge in [0.1, 0.15) is 0 Å². The molecule has 0 aliphatic heterocycles. The summed E-state index contributed by atoms with van der Waals surface area (Å²) < 4.78 is 18.6. The minimum atomic E-state index is -0.478. The normalized spacial score (nSPS) is 29.7. The zero-order chi connectivity index (χ0) is 16.7. The maximum Gasteiger partial charge on any atom is 0.277 e. The molecule has 124 valence electrons. The number of ether oxygens (including phenoxy) is 1. The van der Waals surface area contributed by atoms with Gasteiger partial charge in [0, 0.05) is 11.1 Å². The van der Waals surface area contributed by atoms with Crippen LogP contribution in [0.25, 0.3) is 0 Å². The fourth-order valence-electron chi connectivity index (χ4n) is 3.96. The van der Waals surface area contributed by atoms with Crippen molar-refractivity contribution < 1.29 is 13.9 Å². The number of para-hydroxylation sites is 1. The van der Waals surface area contributed by atoms with E-state index in [0.717, 1.165) is 18.6 Å². The molecule has 0 saturated heterocycles. The molecule has 2 unspecified atom stereocenters. The lowest BCUT2D eigenvalue weighted by Crippen LogP contribution is -2.35. The Kier molecular flexibility index (Phi) is 3.90. The van der Waals surface area contributed by atoms with E-state index < -0.39 is 5.82 Å². The number of hydrogen-bond acceptors (Lipinski definition) is 3. The Labute approximate surface area is 136 Å². The summed E-state index contributed by atoms with van der Waals surface area (Å²) in [6.45, 7) is 6.56. The molecule has 2 atom stereocenters. The number of rotatable bonds is 4. The molecule has 5 heteroatoms. The van der Waals surface area contributed by atoms with Gasteiger partial charge in [0.25, 0.3) is 5.91 Å². The van der Waals surface area contributed by atoms with E-state index in [4.69, 9.17) is 4.74 Å². The van der Waals surface area contributed by atoms with Crippen molar-refractivity contribution in [1.82, 2.24) is 5.43 Å². The molecule has 1 aromatic carbocycles. The van der Waals surface area contributed by atoms with Crippen LogP contribution in [-0.4, -0.2) is 18.2 Å². The number of benzene rings is 1. The Balaban J connectivity index is 1.59. The molecule has 3 rings (SSSR count). The van der Waals surface area contributed by atoms with E-state index >= 15 is 0 Å². The maximum atomic E-state index is 13.4. The van der Waals surface area contributed by atoms with Crippen molar-refractivity contribution in [3.05, 3.63) is 30.1 Å². The monoisotopic (exact) mass is 318 g/mol. The summed E-state index contributed by atoms with van der Waals surface area (Å²) in [5, 5.41) is 4.35. The number of fused-ring (bicyclic) bond motifs is 2. The van der Waals surface area contributed by atoms with Gasteiger partial charge in [-0.05, 0) is 42.7 Å². The number of nitrogens with one attached hydrogen (secondary N) is 1. The number of nitrogens with zero attached hydrogens (tertiary/aromatic N) is 1. The Bertz CT molecular complexity index is 656. The molecule has 0 radical (unpaired) electrons. The van der Waals surface area contributed by atoms with Gasteiger partial charge in [-0.25, -0.2) is 9.82 Å². The van der Waals surface area contributed by atoms with Crippen LogP contribution in [0.4, 0.5) is 4.39 Å². The second-order valence-electron chi connectivity index (χ2n) is 7.31. The van der Waals surface area contributed by atoms with Gasteiger partial charge in [0.2, 0.25) is 0 Å². The number of amides is 1. The molecule has 1 N–H and O–H groups in total. The summed E-state index contributed by atoms with van der Waals surface area (Å²) in [7, 11) is 0. The highest BCUT2D eigenvalue weighted by molar-refractivity contribution is 5.95. The lowest BCUT2D eigenvalue weighted by atomic mass is 9.70. The van der Waals surface area contributed by atoms with Gasteiger partial charge in [-0.3, -0.25) is 4.79 Å². The number of carbonyl (C=O) groups excluding carboxylic acids is 1. The van der Waals surface area contributed by atoms with Gasteiger partial charge in [-0.2, -0.15) is 5.10 Å². The number of hydrogen-bond donors (Lipinski definition) is 1. The van der Waals surface area contributed by atoms with Crippen molar-refractivity contribution in [2.24, 2.45) is 21.8 Å². The second-order valence-corrected chi connectivity index (χ2v) is 7.31. The van der Waals surface area contributed by atoms with Crippen LogP contribution in [-0.2, 0) is 4.79 Å². The van der Waals surface area contributed by atoms with E-state index in [1.165, 1.54) is 18.6 Å². The molecular formula is C18H23FN2O2. The molecule has 2 aliphatic carbocycles. The molecular weight excluding hydrogens is 295 g/mol. The zero-order valence-corrected chi connectivity index (χ0v) is 13.9. The number of halogens is 1. The first-order valence-electron chi connectivity index (χ1n) is 8.08. The average Bonchev–Trinajstić information content (AvgIpc) is 2.85. The average molecular weight is 318 g/mol. The van der Waals surface area contributed by atoms with Gasteiger partial charge >= 0.3 is 0 Å². The molecule has 0 aromatic heterocycles. The summed E-state index contributed by atoms with van der Waals surface area (Å²) in [6, 6.07) is 6.03. The standard InChI is InChI=1S/C18H23FN2O2/c1-17(2)12-8-9-18(17,3)15(10-12)20-21-16(22)11-23-14-7-5-4-6-13(14)19/h4-7,12H,8-11H2,1-3H3,(H,21,22)/b20-15-. The Morgan fingerprint density at radius 1 is 1.39 bits per heavy atom. The fourth-order valence-corrected chi connectivity index (χ4v) is 3.96. The van der Waals surface area contributed by atoms with Crippen LogP contribution in [0, 0.1) is 22.6 Å². The van der Waals surface area contributed by atoms with Crippen molar-refractivity contribution in [2.75, 3.05) is 6.61 Å². The van der Waals surface area contributed by atoms with Crippen LogP contribution in [0.1, 0.15) is 40.0 Å². The first-order valence-corrected chi connectivity index (χ1v) is 8.08. The molecule has 2 aliphatic rings. The first-order chi connectivity index (χ1) is 10.8. The highest BCUT2D eigenvalue weighted by atomic mass is 19.1. The molecule has 2 bridgehead atoms. The smallest absolute Gasteiger partial charge is 0.277 e. The van der Waals surface area contributed by atoms with Gasteiger partial charge in [-0.1, -0.05) is 32.9 Å². The summed E-state index contributed by atoms with van der Waals surface area (Å²) in [4.78, 5) is 11.9. The van der Waals surface area contributed by atoms with E-state index in [9.17, 15) is 9.18 Å². The van der Waals surface area contributed by atoms with Crippen LogP contribution in [0.15, 0.2) is 29.4 Å². The van der Waals surface area contributed by atoms with E-state index in [2.05, 4.69) is 31.3 Å². The predicted octanol–water partition coefficient (Wildman–Crippen LogP) is 3.52. The molecule has 23 heavy (non-hydrogen) atoms. The van der Waals surface area contributed by atoms with Crippen molar-refractivity contribution in [3.63, 3.8) is 0 Å². The summed E-state index contributed by atoms with van der Waals surface area (Å²) in [5.74, 6) is -0.139. The SMILES string of the molecule is CC12CCC(C/C1=N/NC(=O)COc1ccccc1F)C2(C)C. The fraction of sp³-hybridized carbons (Fsp3) is 0.556. The molecule has 1 amide bonds. The Hall–Kier alpha value is -1.91. The summed E-state index contributed by atoms with van der Waals surface area (Å²) >= 11 is 0. The van der Waals surface area contributed by atoms with Crippen LogP contribution >= 0.6 is 0 Å². The van der Waals surface area contributed by atoms with Gasteiger partial charge in [0.15, 0.2) is 18.2 Å². The van der Waals surface area contributed by atoms with E-state index in [0.29, 0.717) is 5.92 Å². The van der Waals surface area contributed by atoms with Crippen LogP contribution in [0.2, 0.25) is 0 Å². The molecule has 4 nitrogen and oxygen atoms in total. The van der Waals surface area contributed by atoms with E-state index in [-0.39, 0.29) is 29.1 Å². The highest BCUT2D eigenvalue weighted by Gasteiger charge is 2.59. The first kappa shape index (κ1) is 16.0. The molecule has 2 saturated carbocycles. The van der Waals surface area contributed by atoms with Gasteiger partial charge < -0.3 is 4.74 Å². The quantitative estimate of drug-likeness (QED) is 0.864. The second kappa shape index (κ2) is 5.62. The summed E-state index contributed by atoms with van der Waals surface area (Å²) in [6.07, 6.45) is 3.29. The Morgan fingerprint density at radius 3 is 2.74 bits per heavy atom. The third kappa shape index (κ3) is 2.62. The van der Waals surface area contributed by atoms with Crippen molar-refractivity contribution >= 4 is 11.6 Å². The molecule has 2 fully saturated rings. The van der Waals surface area contributed by atoms with Crippen molar-refractivity contribution in [1.29, 1.82) is 0 Å². The summed E-state index contributed by atoms with van der Waals surface area (Å²) in [5.41, 5.74) is 3.91. The minimum absolute atomic E-state index is 0.0529. The predicted molar refractivity (Wildman–Crippen MR) is 86.7 cm³/mol. The third-order valence-corrected chi connectivity index (χ3v) is 6.02. The van der Waals surface area contributed by atoms with Crippen LogP contribution in [0.3, 0.4) is 0 Å². The third-order valence-electron chi connectivity index (χ3n) is 6.02. The minimum Gasteiger partial charge on any atom is -0.481 e. The van der Waals surface area contributed by atoms with Gasteiger partial charge in [-0.15, -0.1) is 0 Å². The number of carbonyl (C=O) groups is 1. The largest absolute Gasteiger partial charge is 0.481 e. The van der Waals surface area contributed by atoms with Gasteiger partial charge in [0.05, 0.1) is 0 Å². The van der Waals surface area contributed by atoms with Crippen LogP contribution < -0.4 is 10.2 Å². The van der Waals surface area contributed by atoms with Crippen molar-refractivity contribution in [2.45, 2.75) is 40.0 Å². The molecule has 1 aromatic rings. The van der Waals surface area contributed by atoms with Crippen molar-refractivity contribution in [3.8, 4) is 5.75 Å². The lowest BCUT2D eigenvalue weighted by Gasteiger charge is -2.34. The molecule has 0 spiro atoms. The zero-order valence-electron chi connectivity index (χ0n) is 13.9.